The molecule has 1 amide bonds. The van der Waals surface area contributed by atoms with Gasteiger partial charge in [-0.1, -0.05) is 12.1 Å². The molecule has 0 radical (unpaired) electrons. The average molecular weight is 313 g/mol. The summed E-state index contributed by atoms with van der Waals surface area (Å²) in [6.07, 6.45) is 6.46. The topological polar surface area (TPSA) is 83.6 Å². The smallest absolute Gasteiger partial charge is 0.256 e. The minimum absolute atomic E-state index is 0.0542. The van der Waals surface area contributed by atoms with Crippen LogP contribution < -0.4 is 0 Å². The molecule has 3 rings (SSSR count). The zero-order valence-electron chi connectivity index (χ0n) is 12.9. The quantitative estimate of drug-likeness (QED) is 0.533. The summed E-state index contributed by atoms with van der Waals surface area (Å²) in [5.41, 5.74) is 1.23. The molecule has 1 fully saturated rings. The summed E-state index contributed by atoms with van der Waals surface area (Å²) >= 11 is 0. The second-order valence-corrected chi connectivity index (χ2v) is 5.74. The minimum atomic E-state index is -0.0542. The largest absolute Gasteiger partial charge is 0.411 e. The van der Waals surface area contributed by atoms with Gasteiger partial charge in [-0.25, -0.2) is 0 Å². The highest BCUT2D eigenvalue weighted by molar-refractivity contribution is 5.98. The van der Waals surface area contributed by atoms with Gasteiger partial charge in [0.15, 0.2) is 0 Å². The first-order valence-corrected chi connectivity index (χ1v) is 7.65. The fraction of sp³-hybridized carbons (Fsp3) is 0.375. The van der Waals surface area contributed by atoms with E-state index in [4.69, 9.17) is 5.21 Å². The molecule has 0 bridgehead atoms. The predicted molar refractivity (Wildman–Crippen MR) is 84.9 cm³/mol. The second-order valence-electron chi connectivity index (χ2n) is 5.74. The van der Waals surface area contributed by atoms with Crippen molar-refractivity contribution in [3.8, 4) is 5.69 Å². The molecule has 2 unspecified atom stereocenters. The van der Waals surface area contributed by atoms with Gasteiger partial charge in [-0.2, -0.15) is 15.0 Å². The summed E-state index contributed by atoms with van der Waals surface area (Å²) in [6.45, 7) is 2.59. The van der Waals surface area contributed by atoms with Crippen LogP contribution in [-0.4, -0.2) is 49.8 Å². The highest BCUT2D eigenvalue weighted by atomic mass is 16.4. The van der Waals surface area contributed by atoms with Gasteiger partial charge < -0.3 is 10.1 Å². The number of rotatable bonds is 3. The Labute approximate surface area is 134 Å². The predicted octanol–water partition coefficient (Wildman–Crippen LogP) is 1.97. The van der Waals surface area contributed by atoms with Crippen LogP contribution >= 0.6 is 0 Å². The highest BCUT2D eigenvalue weighted by Gasteiger charge is 2.30. The lowest BCUT2D eigenvalue weighted by Crippen LogP contribution is -2.46. The van der Waals surface area contributed by atoms with Crippen LogP contribution in [-0.2, 0) is 0 Å². The van der Waals surface area contributed by atoms with Gasteiger partial charge in [0.25, 0.3) is 5.91 Å². The molecule has 2 atom stereocenters. The van der Waals surface area contributed by atoms with Gasteiger partial charge in [0, 0.05) is 24.7 Å². The minimum Gasteiger partial charge on any atom is -0.411 e. The van der Waals surface area contributed by atoms with E-state index < -0.39 is 0 Å². The van der Waals surface area contributed by atoms with Crippen molar-refractivity contribution in [2.24, 2.45) is 11.1 Å². The second kappa shape index (κ2) is 6.60. The molecule has 1 aliphatic rings. The Morgan fingerprint density at radius 3 is 2.78 bits per heavy atom. The molecule has 1 saturated heterocycles. The summed E-state index contributed by atoms with van der Waals surface area (Å²) < 4.78 is 0. The average Bonchev–Trinajstić information content (AvgIpc) is 3.10. The molecule has 2 heterocycles. The molecule has 2 aromatic rings. The van der Waals surface area contributed by atoms with Crippen molar-refractivity contribution in [1.82, 2.24) is 19.9 Å². The van der Waals surface area contributed by atoms with Gasteiger partial charge >= 0.3 is 0 Å². The van der Waals surface area contributed by atoms with E-state index in [9.17, 15) is 4.79 Å². The van der Waals surface area contributed by atoms with Crippen molar-refractivity contribution < 1.29 is 10.0 Å². The molecule has 1 aromatic heterocycles. The number of carbonyl (C=O) groups excluding carboxylic acids is 1. The number of aromatic nitrogens is 3. The molecule has 0 spiro atoms. The van der Waals surface area contributed by atoms with Gasteiger partial charge in [0.2, 0.25) is 0 Å². The fourth-order valence-electron chi connectivity index (χ4n) is 2.96. The Kier molecular flexibility index (Phi) is 4.36. The third-order valence-corrected chi connectivity index (χ3v) is 4.23. The van der Waals surface area contributed by atoms with Crippen LogP contribution in [0.2, 0.25) is 0 Å². The Morgan fingerprint density at radius 2 is 2.04 bits per heavy atom. The molecular weight excluding hydrogens is 294 g/mol. The third kappa shape index (κ3) is 3.08. The van der Waals surface area contributed by atoms with Crippen LogP contribution in [0.3, 0.4) is 0 Å². The molecule has 120 valence electrons. The van der Waals surface area contributed by atoms with E-state index in [0.29, 0.717) is 17.8 Å². The van der Waals surface area contributed by atoms with Crippen LogP contribution in [0.1, 0.15) is 30.1 Å². The monoisotopic (exact) mass is 313 g/mol. The van der Waals surface area contributed by atoms with E-state index in [-0.39, 0.29) is 17.9 Å². The number of para-hydroxylation sites is 1. The normalized spacial score (nSPS) is 21.7. The van der Waals surface area contributed by atoms with Crippen LogP contribution in [0, 0.1) is 5.92 Å². The van der Waals surface area contributed by atoms with Crippen LogP contribution in [0.25, 0.3) is 5.69 Å². The van der Waals surface area contributed by atoms with Crippen molar-refractivity contribution in [3.05, 3.63) is 42.2 Å². The van der Waals surface area contributed by atoms with Gasteiger partial charge in [-0.05, 0) is 31.9 Å². The molecule has 7 heteroatoms. The van der Waals surface area contributed by atoms with Gasteiger partial charge in [0.05, 0.1) is 23.6 Å². The number of nitrogens with zero attached hydrogens (tertiary/aromatic N) is 5. The van der Waals surface area contributed by atoms with Crippen molar-refractivity contribution in [2.75, 3.05) is 6.54 Å². The summed E-state index contributed by atoms with van der Waals surface area (Å²) in [5.74, 6) is 0.0246. The first-order valence-electron chi connectivity index (χ1n) is 7.65. The zero-order valence-corrected chi connectivity index (χ0v) is 12.9. The van der Waals surface area contributed by atoms with Gasteiger partial charge in [-0.3, -0.25) is 4.79 Å². The first kappa shape index (κ1) is 15.2. The summed E-state index contributed by atoms with van der Waals surface area (Å²) in [7, 11) is 0. The van der Waals surface area contributed by atoms with E-state index in [2.05, 4.69) is 15.4 Å². The lowest BCUT2D eigenvalue weighted by Gasteiger charge is -2.37. The van der Waals surface area contributed by atoms with Crippen molar-refractivity contribution in [2.45, 2.75) is 25.8 Å². The molecule has 23 heavy (non-hydrogen) atoms. The summed E-state index contributed by atoms with van der Waals surface area (Å²) in [6, 6.07) is 7.45. The number of hydrogen-bond donors (Lipinski definition) is 1. The Bertz CT molecular complexity index is 698. The zero-order chi connectivity index (χ0) is 16.2. The first-order chi connectivity index (χ1) is 11.2. The van der Waals surface area contributed by atoms with Crippen LogP contribution in [0.15, 0.2) is 41.8 Å². The molecule has 1 aliphatic heterocycles. The third-order valence-electron chi connectivity index (χ3n) is 4.23. The SMILES string of the molecule is CC1CCC(/C=N/O)CN1C(=O)c1ccccc1-n1nccn1. The highest BCUT2D eigenvalue weighted by Crippen LogP contribution is 2.24. The Morgan fingerprint density at radius 1 is 1.30 bits per heavy atom. The van der Waals surface area contributed by atoms with E-state index >= 15 is 0 Å². The Hall–Kier alpha value is -2.70. The Balaban J connectivity index is 1.91. The van der Waals surface area contributed by atoms with Gasteiger partial charge in [-0.15, -0.1) is 5.16 Å². The van der Waals surface area contributed by atoms with Crippen molar-refractivity contribution >= 4 is 12.1 Å². The molecule has 1 aromatic carbocycles. The maximum atomic E-state index is 13.0. The molecule has 0 saturated carbocycles. The number of oxime groups is 1. The van der Waals surface area contributed by atoms with Crippen molar-refractivity contribution in [1.29, 1.82) is 0 Å². The standard InChI is InChI=1S/C16H19N5O2/c1-12-6-7-13(10-19-23)11-20(12)16(22)14-4-2-3-5-15(14)21-17-8-9-18-21/h2-5,8-10,12-13,23H,6-7,11H2,1H3/b19-10+. The summed E-state index contributed by atoms with van der Waals surface area (Å²) in [5, 5.41) is 20.1. The fourth-order valence-corrected chi connectivity index (χ4v) is 2.96. The number of carbonyl (C=O) groups is 1. The maximum absolute atomic E-state index is 13.0. The van der Waals surface area contributed by atoms with E-state index in [1.165, 1.54) is 11.0 Å². The lowest BCUT2D eigenvalue weighted by atomic mass is 9.93. The maximum Gasteiger partial charge on any atom is 0.256 e. The van der Waals surface area contributed by atoms with Gasteiger partial charge in [0.1, 0.15) is 0 Å². The lowest BCUT2D eigenvalue weighted by molar-refractivity contribution is 0.0604. The summed E-state index contributed by atoms with van der Waals surface area (Å²) in [4.78, 5) is 16.3. The van der Waals surface area contributed by atoms with E-state index in [0.717, 1.165) is 12.8 Å². The van der Waals surface area contributed by atoms with Crippen LogP contribution in [0.5, 0.6) is 0 Å². The number of piperidine rings is 1. The number of likely N-dealkylation sites (tertiary alicyclic amines) is 1. The van der Waals surface area contributed by atoms with E-state index in [1.807, 2.05) is 30.0 Å². The molecule has 0 aliphatic carbocycles. The van der Waals surface area contributed by atoms with Crippen molar-refractivity contribution in [3.63, 3.8) is 0 Å². The molecule has 7 nitrogen and oxygen atoms in total. The number of benzene rings is 1. The van der Waals surface area contributed by atoms with E-state index in [1.54, 1.807) is 18.5 Å². The molecular formula is C16H19N5O2. The number of hydrogen-bond acceptors (Lipinski definition) is 5. The molecule has 1 N–H and O–H groups in total. The number of amides is 1. The van der Waals surface area contributed by atoms with Crippen LogP contribution in [0.4, 0.5) is 0 Å².